The van der Waals surface area contributed by atoms with Gasteiger partial charge in [-0.1, -0.05) is 37.3 Å². The van der Waals surface area contributed by atoms with E-state index in [1.807, 2.05) is 48.3 Å². The molecule has 1 fully saturated rings. The van der Waals surface area contributed by atoms with Gasteiger partial charge in [0.1, 0.15) is 5.82 Å². The Morgan fingerprint density at radius 2 is 2.00 bits per heavy atom. The standard InChI is InChI=1S/C18H24N4O2S/c1-3-10-19-18-20-16(14-7-5-4-6-8-14)12-17(21-18)22(2)15-9-11-25(23,24)13-15/h4-8,12,15H,3,9-11,13H2,1-2H3,(H,19,20,21). The van der Waals surface area contributed by atoms with Crippen molar-refractivity contribution in [3.63, 3.8) is 0 Å². The van der Waals surface area contributed by atoms with Crippen molar-refractivity contribution in [1.82, 2.24) is 9.97 Å². The smallest absolute Gasteiger partial charge is 0.225 e. The van der Waals surface area contributed by atoms with Crippen molar-refractivity contribution >= 4 is 21.6 Å². The first-order valence-corrected chi connectivity index (χ1v) is 10.4. The number of nitrogens with one attached hydrogen (secondary N) is 1. The number of sulfone groups is 1. The van der Waals surface area contributed by atoms with E-state index in [1.54, 1.807) is 0 Å². The molecule has 0 spiro atoms. The predicted molar refractivity (Wildman–Crippen MR) is 102 cm³/mol. The largest absolute Gasteiger partial charge is 0.355 e. The molecule has 1 saturated heterocycles. The third kappa shape index (κ3) is 4.28. The monoisotopic (exact) mass is 360 g/mol. The molecule has 3 rings (SSSR count). The van der Waals surface area contributed by atoms with Crippen LogP contribution in [0.5, 0.6) is 0 Å². The van der Waals surface area contributed by atoms with Crippen LogP contribution in [0, 0.1) is 0 Å². The van der Waals surface area contributed by atoms with Crippen molar-refractivity contribution in [1.29, 1.82) is 0 Å². The molecule has 2 aromatic rings. The molecular weight excluding hydrogens is 336 g/mol. The Hall–Kier alpha value is -2.15. The van der Waals surface area contributed by atoms with Gasteiger partial charge in [0.05, 0.1) is 17.2 Å². The summed E-state index contributed by atoms with van der Waals surface area (Å²) in [6.45, 7) is 2.88. The van der Waals surface area contributed by atoms with Gasteiger partial charge in [-0.25, -0.2) is 13.4 Å². The molecule has 2 heterocycles. The normalized spacial score (nSPS) is 18.9. The van der Waals surface area contributed by atoms with Gasteiger partial charge in [0, 0.05) is 31.3 Å². The highest BCUT2D eigenvalue weighted by Gasteiger charge is 2.31. The van der Waals surface area contributed by atoms with Crippen LogP contribution >= 0.6 is 0 Å². The molecule has 1 unspecified atom stereocenters. The first kappa shape index (κ1) is 17.7. The van der Waals surface area contributed by atoms with Crippen molar-refractivity contribution in [3.8, 4) is 11.3 Å². The van der Waals surface area contributed by atoms with Crippen LogP contribution in [-0.2, 0) is 9.84 Å². The molecule has 1 aromatic carbocycles. The van der Waals surface area contributed by atoms with E-state index in [9.17, 15) is 8.42 Å². The van der Waals surface area contributed by atoms with Gasteiger partial charge in [-0.2, -0.15) is 4.98 Å². The molecule has 25 heavy (non-hydrogen) atoms. The van der Waals surface area contributed by atoms with E-state index in [0.29, 0.717) is 12.4 Å². The van der Waals surface area contributed by atoms with Crippen LogP contribution < -0.4 is 10.2 Å². The van der Waals surface area contributed by atoms with Gasteiger partial charge in [-0.05, 0) is 12.8 Å². The molecule has 0 aliphatic carbocycles. The van der Waals surface area contributed by atoms with E-state index in [0.717, 1.165) is 30.0 Å². The molecule has 0 saturated carbocycles. The number of anilines is 2. The van der Waals surface area contributed by atoms with Crippen LogP contribution in [0.4, 0.5) is 11.8 Å². The van der Waals surface area contributed by atoms with Gasteiger partial charge in [-0.3, -0.25) is 0 Å². The van der Waals surface area contributed by atoms with Crippen LogP contribution in [0.1, 0.15) is 19.8 Å². The summed E-state index contributed by atoms with van der Waals surface area (Å²) in [4.78, 5) is 11.2. The lowest BCUT2D eigenvalue weighted by molar-refractivity contribution is 0.600. The Balaban J connectivity index is 1.94. The molecule has 1 N–H and O–H groups in total. The second-order valence-corrected chi connectivity index (χ2v) is 8.62. The van der Waals surface area contributed by atoms with E-state index in [4.69, 9.17) is 0 Å². The first-order valence-electron chi connectivity index (χ1n) is 8.60. The highest BCUT2D eigenvalue weighted by atomic mass is 32.2. The summed E-state index contributed by atoms with van der Waals surface area (Å²) < 4.78 is 23.6. The summed E-state index contributed by atoms with van der Waals surface area (Å²) in [5.74, 6) is 1.76. The minimum atomic E-state index is -2.94. The Morgan fingerprint density at radius 3 is 2.64 bits per heavy atom. The predicted octanol–water partition coefficient (Wildman–Crippen LogP) is 2.59. The third-order valence-electron chi connectivity index (χ3n) is 4.43. The fourth-order valence-corrected chi connectivity index (χ4v) is 4.73. The number of nitrogens with zero attached hydrogens (tertiary/aromatic N) is 3. The summed E-state index contributed by atoms with van der Waals surface area (Å²) in [5, 5.41) is 3.24. The highest BCUT2D eigenvalue weighted by molar-refractivity contribution is 7.91. The zero-order valence-electron chi connectivity index (χ0n) is 14.6. The lowest BCUT2D eigenvalue weighted by Gasteiger charge is -2.25. The lowest BCUT2D eigenvalue weighted by atomic mass is 10.1. The van der Waals surface area contributed by atoms with Crippen LogP contribution in [0.2, 0.25) is 0 Å². The third-order valence-corrected chi connectivity index (χ3v) is 6.18. The molecule has 1 atom stereocenters. The van der Waals surface area contributed by atoms with Gasteiger partial charge in [0.2, 0.25) is 5.95 Å². The maximum absolute atomic E-state index is 11.8. The fraction of sp³-hybridized carbons (Fsp3) is 0.444. The summed E-state index contributed by atoms with van der Waals surface area (Å²) in [7, 11) is -1.03. The first-order chi connectivity index (χ1) is 12.0. The summed E-state index contributed by atoms with van der Waals surface area (Å²) in [6.07, 6.45) is 1.62. The second-order valence-electron chi connectivity index (χ2n) is 6.40. The van der Waals surface area contributed by atoms with Gasteiger partial charge in [0.25, 0.3) is 0 Å². The van der Waals surface area contributed by atoms with Crippen molar-refractivity contribution in [2.24, 2.45) is 0 Å². The number of hydrogen-bond donors (Lipinski definition) is 1. The van der Waals surface area contributed by atoms with Crippen LogP contribution in [0.15, 0.2) is 36.4 Å². The zero-order chi connectivity index (χ0) is 17.9. The minimum absolute atomic E-state index is 0.0393. The average molecular weight is 360 g/mol. The maximum atomic E-state index is 11.8. The van der Waals surface area contributed by atoms with Crippen molar-refractivity contribution < 1.29 is 8.42 Å². The van der Waals surface area contributed by atoms with Gasteiger partial charge in [0.15, 0.2) is 9.84 Å². The Kier molecular flexibility index (Phi) is 5.22. The van der Waals surface area contributed by atoms with Crippen LogP contribution in [-0.4, -0.2) is 49.5 Å². The second kappa shape index (κ2) is 7.39. The van der Waals surface area contributed by atoms with E-state index in [2.05, 4.69) is 22.2 Å². The van der Waals surface area contributed by atoms with E-state index >= 15 is 0 Å². The molecule has 0 amide bonds. The molecule has 134 valence electrons. The van der Waals surface area contributed by atoms with Crippen LogP contribution in [0.25, 0.3) is 11.3 Å². The molecule has 0 radical (unpaired) electrons. The number of benzene rings is 1. The van der Waals surface area contributed by atoms with Crippen molar-refractivity contribution in [2.75, 3.05) is 35.3 Å². The van der Waals surface area contributed by atoms with E-state index < -0.39 is 9.84 Å². The van der Waals surface area contributed by atoms with Gasteiger partial charge >= 0.3 is 0 Å². The Bertz CT molecular complexity index is 824. The number of rotatable bonds is 6. The topological polar surface area (TPSA) is 75.2 Å². The Labute approximate surface area is 149 Å². The molecule has 7 heteroatoms. The minimum Gasteiger partial charge on any atom is -0.355 e. The fourth-order valence-electron chi connectivity index (χ4n) is 2.96. The lowest BCUT2D eigenvalue weighted by Crippen LogP contribution is -2.33. The maximum Gasteiger partial charge on any atom is 0.225 e. The zero-order valence-corrected chi connectivity index (χ0v) is 15.5. The van der Waals surface area contributed by atoms with Crippen LogP contribution in [0.3, 0.4) is 0 Å². The number of aromatic nitrogens is 2. The number of hydrogen-bond acceptors (Lipinski definition) is 6. The Morgan fingerprint density at radius 1 is 1.24 bits per heavy atom. The van der Waals surface area contributed by atoms with E-state index in [1.165, 1.54) is 0 Å². The summed E-state index contributed by atoms with van der Waals surface area (Å²) >= 11 is 0. The average Bonchev–Trinajstić information content (AvgIpc) is 2.99. The van der Waals surface area contributed by atoms with E-state index in [-0.39, 0.29) is 17.5 Å². The highest BCUT2D eigenvalue weighted by Crippen LogP contribution is 2.26. The molecule has 6 nitrogen and oxygen atoms in total. The molecule has 1 aromatic heterocycles. The van der Waals surface area contributed by atoms with Crippen molar-refractivity contribution in [3.05, 3.63) is 36.4 Å². The molecule has 0 bridgehead atoms. The quantitative estimate of drug-likeness (QED) is 0.853. The molecule has 1 aliphatic rings. The molecule has 1 aliphatic heterocycles. The summed E-state index contributed by atoms with van der Waals surface area (Å²) in [5.41, 5.74) is 1.84. The van der Waals surface area contributed by atoms with Gasteiger partial charge in [-0.15, -0.1) is 0 Å². The van der Waals surface area contributed by atoms with Crippen molar-refractivity contribution in [2.45, 2.75) is 25.8 Å². The SMILES string of the molecule is CCCNc1nc(-c2ccccc2)cc(N(C)C2CCS(=O)(=O)C2)n1. The van der Waals surface area contributed by atoms with Gasteiger partial charge < -0.3 is 10.2 Å². The summed E-state index contributed by atoms with van der Waals surface area (Å²) in [6, 6.07) is 11.8. The molecular formula is C18H24N4O2S.